The molecule has 1 fully saturated rings. The van der Waals surface area contributed by atoms with E-state index in [2.05, 4.69) is 26.0 Å². The van der Waals surface area contributed by atoms with E-state index in [1.165, 1.54) is 148 Å². The molecule has 12 nitrogen and oxygen atoms in total. The number of carbonyl (C=O) groups excluding carboxylic acids is 1. The number of aliphatic hydroxyl groups is 5. The monoisotopic (exact) mass is 879 g/mol. The van der Waals surface area contributed by atoms with Crippen molar-refractivity contribution in [3.8, 4) is 0 Å². The van der Waals surface area contributed by atoms with Crippen molar-refractivity contribution in [3.05, 3.63) is 12.2 Å². The van der Waals surface area contributed by atoms with Gasteiger partial charge in [-0.25, -0.2) is 4.57 Å². The molecular weight excluding hydrogens is 787 g/mol. The molecule has 0 aromatic rings. The Hall–Kier alpha value is -0.920. The maximum atomic E-state index is 12.8. The molecule has 0 spiro atoms. The molecule has 0 heterocycles. The van der Waals surface area contributed by atoms with Crippen molar-refractivity contribution < 1.29 is 58.3 Å². The van der Waals surface area contributed by atoms with Crippen LogP contribution in [0.4, 0.5) is 0 Å². The summed E-state index contributed by atoms with van der Waals surface area (Å²) >= 11 is 0. The summed E-state index contributed by atoms with van der Waals surface area (Å²) in [6.45, 7) is 4.29. The molecule has 1 rings (SSSR count). The number of phosphoric ester groups is 1. The van der Waals surface area contributed by atoms with Crippen molar-refractivity contribution in [3.63, 3.8) is 0 Å². The summed E-state index contributed by atoms with van der Waals surface area (Å²) in [7, 11) is -5.01. The summed E-state index contributed by atoms with van der Waals surface area (Å²) in [5.41, 5.74) is 0. The fraction of sp³-hybridized carbons (Fsp3) is 0.936. The number of hydrogen-bond acceptors (Lipinski definition) is 11. The Labute approximate surface area is 365 Å². The Bertz CT molecular complexity index is 1050. The van der Waals surface area contributed by atoms with E-state index in [-0.39, 0.29) is 13.0 Å². The minimum absolute atomic E-state index is 0.0726. The van der Waals surface area contributed by atoms with Crippen molar-refractivity contribution in [2.24, 2.45) is 0 Å². The molecule has 8 atom stereocenters. The lowest BCUT2D eigenvalue weighted by molar-refractivity contribution is -0.220. The summed E-state index contributed by atoms with van der Waals surface area (Å²) in [5, 5.41) is 50.2. The quantitative estimate of drug-likeness (QED) is 0.0147. The minimum atomic E-state index is -5.01. The van der Waals surface area contributed by atoms with Gasteiger partial charge in [0.05, 0.1) is 13.2 Å². The van der Waals surface area contributed by atoms with Gasteiger partial charge in [0, 0.05) is 13.0 Å². The highest BCUT2D eigenvalue weighted by atomic mass is 31.2. The van der Waals surface area contributed by atoms with Gasteiger partial charge in [0.2, 0.25) is 0 Å². The first-order chi connectivity index (χ1) is 29.0. The minimum Gasteiger partial charge on any atom is -0.457 e. The fourth-order valence-electron chi connectivity index (χ4n) is 7.70. The molecule has 0 aliphatic heterocycles. The maximum Gasteiger partial charge on any atom is 0.472 e. The summed E-state index contributed by atoms with van der Waals surface area (Å²) in [6, 6.07) is 0. The van der Waals surface area contributed by atoms with Crippen LogP contribution in [0, 0.1) is 0 Å². The number of unbranched alkanes of at least 4 members (excludes halogenated alkanes) is 28. The molecule has 1 aliphatic carbocycles. The van der Waals surface area contributed by atoms with E-state index in [0.717, 1.165) is 44.9 Å². The van der Waals surface area contributed by atoms with E-state index < -0.39 is 63.1 Å². The van der Waals surface area contributed by atoms with Gasteiger partial charge in [-0.05, 0) is 38.5 Å². The Morgan fingerprint density at radius 2 is 0.883 bits per heavy atom. The van der Waals surface area contributed by atoms with Crippen LogP contribution in [0.3, 0.4) is 0 Å². The molecule has 6 unspecified atom stereocenters. The smallest absolute Gasteiger partial charge is 0.457 e. The predicted molar refractivity (Wildman–Crippen MR) is 240 cm³/mol. The van der Waals surface area contributed by atoms with E-state index in [4.69, 9.17) is 18.5 Å². The molecule has 60 heavy (non-hydrogen) atoms. The number of esters is 1. The molecule has 0 aromatic heterocycles. The number of hydrogen-bond donors (Lipinski definition) is 6. The third-order valence-electron chi connectivity index (χ3n) is 11.6. The Kier molecular flexibility index (Phi) is 36.7. The molecule has 0 aromatic carbocycles. The molecule has 13 heteroatoms. The first-order valence-electron chi connectivity index (χ1n) is 24.5. The van der Waals surface area contributed by atoms with Crippen LogP contribution in [-0.4, -0.2) is 98.9 Å². The number of aliphatic hydroxyl groups excluding tert-OH is 5. The highest BCUT2D eigenvalue weighted by molar-refractivity contribution is 7.47. The van der Waals surface area contributed by atoms with Crippen LogP contribution in [0.5, 0.6) is 0 Å². The third kappa shape index (κ3) is 30.2. The number of phosphoric acid groups is 1. The zero-order valence-electron chi connectivity index (χ0n) is 38.0. The highest BCUT2D eigenvalue weighted by Gasteiger charge is 2.51. The molecule has 0 radical (unpaired) electrons. The van der Waals surface area contributed by atoms with E-state index >= 15 is 0 Å². The second-order valence-electron chi connectivity index (χ2n) is 17.3. The van der Waals surface area contributed by atoms with Crippen LogP contribution in [0.1, 0.15) is 219 Å². The topological polar surface area (TPSA) is 192 Å². The number of carbonyl (C=O) groups is 1. The molecule has 6 N–H and O–H groups in total. The maximum absolute atomic E-state index is 12.8. The molecular formula is C47H91O12P. The van der Waals surface area contributed by atoms with Gasteiger partial charge < -0.3 is 39.9 Å². The van der Waals surface area contributed by atoms with Gasteiger partial charge in [0.25, 0.3) is 0 Å². The summed E-state index contributed by atoms with van der Waals surface area (Å²) < 4.78 is 34.2. The van der Waals surface area contributed by atoms with Crippen molar-refractivity contribution in [1.82, 2.24) is 0 Å². The lowest BCUT2D eigenvalue weighted by Gasteiger charge is -2.41. The van der Waals surface area contributed by atoms with Crippen molar-refractivity contribution in [2.75, 3.05) is 19.8 Å². The van der Waals surface area contributed by atoms with Gasteiger partial charge in [-0.2, -0.15) is 0 Å². The van der Waals surface area contributed by atoms with Gasteiger partial charge in [-0.3, -0.25) is 13.8 Å². The number of ether oxygens (including phenoxy) is 2. The van der Waals surface area contributed by atoms with Gasteiger partial charge in [0.1, 0.15) is 42.7 Å². The molecule has 0 saturated heterocycles. The average Bonchev–Trinajstić information content (AvgIpc) is 3.23. The second kappa shape index (κ2) is 38.5. The van der Waals surface area contributed by atoms with E-state index in [1.807, 2.05) is 0 Å². The predicted octanol–water partition coefficient (Wildman–Crippen LogP) is 10.3. The summed E-state index contributed by atoms with van der Waals surface area (Å²) in [5.74, 6) is -0.477. The van der Waals surface area contributed by atoms with Gasteiger partial charge in [-0.1, -0.05) is 187 Å². The molecule has 1 saturated carbocycles. The number of allylic oxidation sites excluding steroid dienone is 2. The van der Waals surface area contributed by atoms with Gasteiger partial charge >= 0.3 is 13.8 Å². The molecule has 1 aliphatic rings. The molecule has 356 valence electrons. The SMILES string of the molecule is CCCCCCCCCC/C=C\CCCCCCCCCC(=O)O[C@H](COCCCCCCCCCCCCCCCC)COP(=O)(O)OC1C(O)C(O)C(O)[C@@H](O)C1O. The Morgan fingerprint density at radius 3 is 1.32 bits per heavy atom. The van der Waals surface area contributed by atoms with Gasteiger partial charge in [-0.15, -0.1) is 0 Å². The van der Waals surface area contributed by atoms with Gasteiger partial charge in [0.15, 0.2) is 0 Å². The second-order valence-corrected chi connectivity index (χ2v) is 18.7. The van der Waals surface area contributed by atoms with Crippen LogP contribution in [0.2, 0.25) is 0 Å². The van der Waals surface area contributed by atoms with Crippen molar-refractivity contribution in [2.45, 2.75) is 262 Å². The lowest BCUT2D eigenvalue weighted by atomic mass is 9.85. The Balaban J connectivity index is 2.35. The van der Waals surface area contributed by atoms with Crippen LogP contribution in [0.25, 0.3) is 0 Å². The number of rotatable bonds is 42. The van der Waals surface area contributed by atoms with Crippen LogP contribution < -0.4 is 0 Å². The van der Waals surface area contributed by atoms with E-state index in [1.54, 1.807) is 0 Å². The lowest BCUT2D eigenvalue weighted by Crippen LogP contribution is -2.64. The average molecular weight is 879 g/mol. The first kappa shape index (κ1) is 57.1. The van der Waals surface area contributed by atoms with E-state index in [9.17, 15) is 39.8 Å². The van der Waals surface area contributed by atoms with Crippen LogP contribution >= 0.6 is 7.82 Å². The summed E-state index contributed by atoms with van der Waals surface area (Å²) in [4.78, 5) is 23.2. The van der Waals surface area contributed by atoms with Crippen molar-refractivity contribution in [1.29, 1.82) is 0 Å². The van der Waals surface area contributed by atoms with Crippen LogP contribution in [0.15, 0.2) is 12.2 Å². The largest absolute Gasteiger partial charge is 0.472 e. The zero-order valence-corrected chi connectivity index (χ0v) is 38.9. The first-order valence-corrected chi connectivity index (χ1v) is 26.0. The zero-order chi connectivity index (χ0) is 44.1. The molecule has 0 amide bonds. The van der Waals surface area contributed by atoms with Crippen molar-refractivity contribution >= 4 is 13.8 Å². The summed E-state index contributed by atoms with van der Waals surface area (Å²) in [6.07, 6.45) is 29.9. The van der Waals surface area contributed by atoms with E-state index in [0.29, 0.717) is 13.0 Å². The highest BCUT2D eigenvalue weighted by Crippen LogP contribution is 2.47. The van der Waals surface area contributed by atoms with Crippen LogP contribution in [-0.2, 0) is 27.9 Å². The standard InChI is InChI=1S/C47H91O12P/c1-3-5-7-9-11-13-15-17-19-20-21-22-23-24-26-28-30-32-34-36-41(48)58-40(38-56-37-35-33-31-29-27-25-18-16-14-12-10-8-6-4-2)39-57-60(54,55)59-47-45(52)43(50)42(49)44(51)46(47)53/h20-21,40,42-47,49-53H,3-19,22-39H2,1-2H3,(H,54,55)/b21-20-/t40-,42?,43-,44?,45?,46?,47?/m1/s1. The molecule has 0 bridgehead atoms. The normalized spacial score (nSPS) is 22.3. The third-order valence-corrected chi connectivity index (χ3v) is 12.6. The fourth-order valence-corrected chi connectivity index (χ4v) is 8.68. The Morgan fingerprint density at radius 1 is 0.517 bits per heavy atom.